The number of fused-ring (bicyclic) bond motifs is 3. The van der Waals surface area contributed by atoms with Gasteiger partial charge in [0.25, 0.3) is 0 Å². The summed E-state index contributed by atoms with van der Waals surface area (Å²) >= 11 is 0. The highest BCUT2D eigenvalue weighted by atomic mass is 15.6. The average molecular weight is 303 g/mol. The summed E-state index contributed by atoms with van der Waals surface area (Å²) in [4.78, 5) is 0. The van der Waals surface area contributed by atoms with Crippen molar-refractivity contribution in [2.75, 3.05) is 11.9 Å². The molecule has 0 amide bonds. The number of hydrogen-bond acceptors (Lipinski definition) is 4. The zero-order chi connectivity index (χ0) is 15.2. The van der Waals surface area contributed by atoms with Gasteiger partial charge in [-0.25, -0.2) is 0 Å². The fraction of sp³-hybridized carbons (Fsp3) is 0.278. The van der Waals surface area contributed by atoms with E-state index in [0.717, 1.165) is 30.0 Å². The summed E-state index contributed by atoms with van der Waals surface area (Å²) in [5.74, 6) is 2.93. The number of aromatic nitrogens is 4. The van der Waals surface area contributed by atoms with Crippen LogP contribution in [0, 0.1) is 11.8 Å². The molecule has 1 saturated carbocycles. The van der Waals surface area contributed by atoms with Crippen molar-refractivity contribution in [3.05, 3.63) is 65.7 Å². The molecular formula is C18H17N5. The highest BCUT2D eigenvalue weighted by molar-refractivity contribution is 5.45. The van der Waals surface area contributed by atoms with Crippen LogP contribution in [0.4, 0.5) is 5.95 Å². The van der Waals surface area contributed by atoms with E-state index in [1.54, 1.807) is 10.2 Å². The third-order valence-corrected chi connectivity index (χ3v) is 5.17. The molecule has 0 bridgehead atoms. The van der Waals surface area contributed by atoms with Gasteiger partial charge in [0.05, 0.1) is 5.69 Å². The normalized spacial score (nSPS) is 24.1. The minimum atomic E-state index is 0.700. The molecule has 2 aliphatic rings. The van der Waals surface area contributed by atoms with Crippen LogP contribution in [0.2, 0.25) is 0 Å². The molecule has 1 N–H and O–H groups in total. The molecule has 3 atom stereocenters. The van der Waals surface area contributed by atoms with E-state index in [9.17, 15) is 0 Å². The van der Waals surface area contributed by atoms with Crippen molar-refractivity contribution in [3.63, 3.8) is 0 Å². The Hall–Kier alpha value is -2.69. The number of tetrazole rings is 1. The summed E-state index contributed by atoms with van der Waals surface area (Å²) in [7, 11) is 0. The number of benzene rings is 2. The lowest BCUT2D eigenvalue weighted by Crippen LogP contribution is -2.12. The van der Waals surface area contributed by atoms with Gasteiger partial charge in [-0.05, 0) is 57.9 Å². The second-order valence-electron chi connectivity index (χ2n) is 6.39. The minimum absolute atomic E-state index is 0.700. The molecule has 0 radical (unpaired) electrons. The van der Waals surface area contributed by atoms with Gasteiger partial charge in [0.1, 0.15) is 0 Å². The smallest absolute Gasteiger partial charge is 0.247 e. The molecule has 2 aromatic carbocycles. The zero-order valence-corrected chi connectivity index (χ0v) is 12.6. The lowest BCUT2D eigenvalue weighted by molar-refractivity contribution is 0.712. The van der Waals surface area contributed by atoms with E-state index in [0.29, 0.717) is 5.92 Å². The monoisotopic (exact) mass is 303 g/mol. The lowest BCUT2D eigenvalue weighted by atomic mass is 10.0. The van der Waals surface area contributed by atoms with E-state index >= 15 is 0 Å². The Labute approximate surface area is 134 Å². The summed E-state index contributed by atoms with van der Waals surface area (Å²) in [5.41, 5.74) is 4.06. The highest BCUT2D eigenvalue weighted by Gasteiger charge is 2.54. The number of nitrogens with one attached hydrogen (secondary N) is 1. The van der Waals surface area contributed by atoms with Crippen molar-refractivity contribution in [1.82, 2.24) is 20.2 Å². The van der Waals surface area contributed by atoms with Crippen molar-refractivity contribution in [1.29, 1.82) is 0 Å². The predicted molar refractivity (Wildman–Crippen MR) is 87.5 cm³/mol. The fourth-order valence-electron chi connectivity index (χ4n) is 4.01. The summed E-state index contributed by atoms with van der Waals surface area (Å²) in [6, 6.07) is 18.8. The molecule has 5 rings (SSSR count). The minimum Gasteiger partial charge on any atom is -0.352 e. The predicted octanol–water partition coefficient (Wildman–Crippen LogP) is 2.66. The Bertz CT molecular complexity index is 841. The summed E-state index contributed by atoms with van der Waals surface area (Å²) in [6.07, 6.45) is 1.22. The zero-order valence-electron chi connectivity index (χ0n) is 12.6. The fourth-order valence-corrected chi connectivity index (χ4v) is 4.01. The summed E-state index contributed by atoms with van der Waals surface area (Å²) in [5, 5.41) is 15.5. The van der Waals surface area contributed by atoms with Crippen molar-refractivity contribution in [2.45, 2.75) is 12.3 Å². The Balaban J connectivity index is 1.30. The molecule has 1 fully saturated rings. The molecule has 0 saturated heterocycles. The van der Waals surface area contributed by atoms with Crippen LogP contribution in [0.15, 0.2) is 54.6 Å². The number of hydrogen-bond donors (Lipinski definition) is 1. The van der Waals surface area contributed by atoms with Gasteiger partial charge in [0, 0.05) is 6.54 Å². The maximum Gasteiger partial charge on any atom is 0.247 e. The number of para-hydroxylation sites is 1. The summed E-state index contributed by atoms with van der Waals surface area (Å²) < 4.78 is 1.76. The van der Waals surface area contributed by atoms with Gasteiger partial charge in [-0.1, -0.05) is 47.6 Å². The van der Waals surface area contributed by atoms with E-state index in [2.05, 4.69) is 45.1 Å². The molecule has 1 heterocycles. The quantitative estimate of drug-likeness (QED) is 0.805. The van der Waals surface area contributed by atoms with Gasteiger partial charge >= 0.3 is 0 Å². The SMILES string of the molecule is c1ccc(-n2nnnc2NCC2C3Cc4ccccc4C23)cc1. The van der Waals surface area contributed by atoms with E-state index in [1.807, 2.05) is 30.3 Å². The topological polar surface area (TPSA) is 55.6 Å². The van der Waals surface area contributed by atoms with Crippen LogP contribution < -0.4 is 5.32 Å². The van der Waals surface area contributed by atoms with Crippen LogP contribution in [0.25, 0.3) is 5.69 Å². The largest absolute Gasteiger partial charge is 0.352 e. The first kappa shape index (κ1) is 12.8. The van der Waals surface area contributed by atoms with Gasteiger partial charge < -0.3 is 5.32 Å². The van der Waals surface area contributed by atoms with Crippen LogP contribution >= 0.6 is 0 Å². The Morgan fingerprint density at radius 2 is 1.87 bits per heavy atom. The summed E-state index contributed by atoms with van der Waals surface area (Å²) in [6.45, 7) is 0.927. The molecule has 3 unspecified atom stereocenters. The van der Waals surface area contributed by atoms with Gasteiger partial charge in [-0.2, -0.15) is 4.68 Å². The second kappa shape index (κ2) is 4.91. The van der Waals surface area contributed by atoms with Gasteiger partial charge in [0.2, 0.25) is 5.95 Å². The lowest BCUT2D eigenvalue weighted by Gasteiger charge is -2.09. The van der Waals surface area contributed by atoms with E-state index in [1.165, 1.54) is 12.0 Å². The highest BCUT2D eigenvalue weighted by Crippen LogP contribution is 2.61. The average Bonchev–Trinajstić information content (AvgIpc) is 2.97. The van der Waals surface area contributed by atoms with Crippen molar-refractivity contribution < 1.29 is 0 Å². The molecule has 5 heteroatoms. The molecule has 114 valence electrons. The van der Waals surface area contributed by atoms with Gasteiger partial charge in [-0.15, -0.1) is 0 Å². The molecule has 3 aromatic rings. The third kappa shape index (κ3) is 2.04. The second-order valence-corrected chi connectivity index (χ2v) is 6.39. The van der Waals surface area contributed by atoms with Crippen LogP contribution in [-0.2, 0) is 6.42 Å². The molecule has 23 heavy (non-hydrogen) atoms. The van der Waals surface area contributed by atoms with E-state index in [4.69, 9.17) is 0 Å². The van der Waals surface area contributed by atoms with Crippen molar-refractivity contribution >= 4 is 5.95 Å². The number of anilines is 1. The third-order valence-electron chi connectivity index (χ3n) is 5.17. The van der Waals surface area contributed by atoms with Crippen molar-refractivity contribution in [2.24, 2.45) is 11.8 Å². The standard InChI is InChI=1S/C18H17N5/c1-2-7-13(8-3-1)23-18(20-21-22-23)19-11-16-15-10-12-6-4-5-9-14(12)17(15)16/h1-9,15-17H,10-11H2,(H,19,20,22). The number of rotatable bonds is 4. The van der Waals surface area contributed by atoms with E-state index < -0.39 is 0 Å². The first-order chi connectivity index (χ1) is 11.4. The van der Waals surface area contributed by atoms with Gasteiger partial charge in [-0.3, -0.25) is 0 Å². The molecule has 0 aliphatic heterocycles. The Morgan fingerprint density at radius 1 is 1.04 bits per heavy atom. The van der Waals surface area contributed by atoms with Gasteiger partial charge in [0.15, 0.2) is 0 Å². The van der Waals surface area contributed by atoms with Crippen LogP contribution in [0.3, 0.4) is 0 Å². The first-order valence-corrected chi connectivity index (χ1v) is 8.07. The van der Waals surface area contributed by atoms with Crippen molar-refractivity contribution in [3.8, 4) is 5.69 Å². The molecule has 0 spiro atoms. The first-order valence-electron chi connectivity index (χ1n) is 8.07. The molecule has 2 aliphatic carbocycles. The Kier molecular flexibility index (Phi) is 2.74. The molecule has 5 nitrogen and oxygen atoms in total. The molecule has 1 aromatic heterocycles. The van der Waals surface area contributed by atoms with E-state index in [-0.39, 0.29) is 0 Å². The molecular weight excluding hydrogens is 286 g/mol. The Morgan fingerprint density at radius 3 is 2.78 bits per heavy atom. The maximum atomic E-state index is 4.12. The van der Waals surface area contributed by atoms with Crippen LogP contribution in [0.5, 0.6) is 0 Å². The maximum absolute atomic E-state index is 4.12. The van der Waals surface area contributed by atoms with Crippen LogP contribution in [-0.4, -0.2) is 26.8 Å². The van der Waals surface area contributed by atoms with Crippen LogP contribution in [0.1, 0.15) is 17.0 Å². The number of nitrogens with zero attached hydrogens (tertiary/aromatic N) is 4.